The van der Waals surface area contributed by atoms with Crippen LogP contribution in [0.5, 0.6) is 0 Å². The molecule has 2 nitrogen and oxygen atoms in total. The highest BCUT2D eigenvalue weighted by molar-refractivity contribution is 6.31. The van der Waals surface area contributed by atoms with Gasteiger partial charge in [-0.25, -0.2) is 0 Å². The molecule has 0 bridgehead atoms. The summed E-state index contributed by atoms with van der Waals surface area (Å²) in [6, 6.07) is 5.37. The SMILES string of the molecule is CCCC(CCCl)CNC(=O)c1ccc(C)c(Cl)c1. The molecule has 1 unspecified atom stereocenters. The van der Waals surface area contributed by atoms with E-state index in [1.54, 1.807) is 12.1 Å². The third-order valence-corrected chi connectivity index (χ3v) is 3.83. The van der Waals surface area contributed by atoms with Crippen LogP contribution in [0.3, 0.4) is 0 Å². The van der Waals surface area contributed by atoms with Crippen LogP contribution in [0.15, 0.2) is 18.2 Å². The smallest absolute Gasteiger partial charge is 0.251 e. The van der Waals surface area contributed by atoms with E-state index in [-0.39, 0.29) is 5.91 Å². The molecule has 1 rings (SSSR count). The molecule has 1 N–H and O–H groups in total. The first-order valence-electron chi connectivity index (χ1n) is 6.68. The minimum atomic E-state index is -0.0717. The number of halogens is 2. The third kappa shape index (κ3) is 5.42. The van der Waals surface area contributed by atoms with E-state index >= 15 is 0 Å². The number of amides is 1. The Hall–Kier alpha value is -0.730. The summed E-state index contributed by atoms with van der Waals surface area (Å²) < 4.78 is 0. The van der Waals surface area contributed by atoms with Gasteiger partial charge in [0.1, 0.15) is 0 Å². The molecule has 1 amide bonds. The van der Waals surface area contributed by atoms with Crippen molar-refractivity contribution in [3.8, 4) is 0 Å². The summed E-state index contributed by atoms with van der Waals surface area (Å²) in [6.07, 6.45) is 3.12. The predicted molar refractivity (Wildman–Crippen MR) is 82.3 cm³/mol. The highest BCUT2D eigenvalue weighted by Gasteiger charge is 2.11. The van der Waals surface area contributed by atoms with E-state index in [1.807, 2.05) is 13.0 Å². The predicted octanol–water partition coefficient (Wildman–Crippen LogP) is 4.42. The number of hydrogen-bond donors (Lipinski definition) is 1. The topological polar surface area (TPSA) is 29.1 Å². The van der Waals surface area contributed by atoms with Gasteiger partial charge in [0, 0.05) is 23.0 Å². The van der Waals surface area contributed by atoms with Crippen molar-refractivity contribution in [2.24, 2.45) is 5.92 Å². The number of carbonyl (C=O) groups is 1. The fourth-order valence-electron chi connectivity index (χ4n) is 1.98. The van der Waals surface area contributed by atoms with Crippen LogP contribution in [0.4, 0.5) is 0 Å². The van der Waals surface area contributed by atoms with Crippen LogP contribution in [0.25, 0.3) is 0 Å². The summed E-state index contributed by atoms with van der Waals surface area (Å²) in [6.45, 7) is 4.73. The Bertz CT molecular complexity index is 415. The van der Waals surface area contributed by atoms with Gasteiger partial charge < -0.3 is 5.32 Å². The lowest BCUT2D eigenvalue weighted by Crippen LogP contribution is -2.29. The Morgan fingerprint density at radius 3 is 2.68 bits per heavy atom. The fourth-order valence-corrected chi connectivity index (χ4v) is 2.47. The van der Waals surface area contributed by atoms with Gasteiger partial charge in [0.25, 0.3) is 5.91 Å². The minimum absolute atomic E-state index is 0.0717. The zero-order valence-electron chi connectivity index (χ0n) is 11.5. The largest absolute Gasteiger partial charge is 0.352 e. The second-order valence-electron chi connectivity index (χ2n) is 4.81. The molecule has 19 heavy (non-hydrogen) atoms. The van der Waals surface area contributed by atoms with Gasteiger partial charge >= 0.3 is 0 Å². The van der Waals surface area contributed by atoms with Crippen LogP contribution >= 0.6 is 23.2 Å². The number of hydrogen-bond acceptors (Lipinski definition) is 1. The highest BCUT2D eigenvalue weighted by Crippen LogP contribution is 2.17. The number of alkyl halides is 1. The number of nitrogens with one attached hydrogen (secondary N) is 1. The summed E-state index contributed by atoms with van der Waals surface area (Å²) in [5.41, 5.74) is 1.58. The number of carbonyl (C=O) groups excluding carboxylic acids is 1. The molecule has 1 aromatic carbocycles. The van der Waals surface area contributed by atoms with E-state index in [0.29, 0.717) is 28.9 Å². The van der Waals surface area contributed by atoms with Crippen LogP contribution in [0.1, 0.15) is 42.1 Å². The zero-order chi connectivity index (χ0) is 14.3. The van der Waals surface area contributed by atoms with Gasteiger partial charge in [-0.3, -0.25) is 4.79 Å². The van der Waals surface area contributed by atoms with Gasteiger partial charge in [-0.15, -0.1) is 11.6 Å². The second kappa shape index (κ2) is 8.44. The van der Waals surface area contributed by atoms with Crippen LogP contribution < -0.4 is 5.32 Å². The molecule has 0 saturated carbocycles. The van der Waals surface area contributed by atoms with Gasteiger partial charge in [-0.1, -0.05) is 31.0 Å². The van der Waals surface area contributed by atoms with Gasteiger partial charge in [0.15, 0.2) is 0 Å². The maximum Gasteiger partial charge on any atom is 0.251 e. The van der Waals surface area contributed by atoms with Crippen LogP contribution in [0, 0.1) is 12.8 Å². The van der Waals surface area contributed by atoms with Gasteiger partial charge in [0.05, 0.1) is 0 Å². The highest BCUT2D eigenvalue weighted by atomic mass is 35.5. The van der Waals surface area contributed by atoms with Crippen molar-refractivity contribution in [2.75, 3.05) is 12.4 Å². The molecule has 0 radical (unpaired) electrons. The Morgan fingerprint density at radius 1 is 1.37 bits per heavy atom. The van der Waals surface area contributed by atoms with E-state index in [9.17, 15) is 4.79 Å². The molecule has 0 spiro atoms. The zero-order valence-corrected chi connectivity index (χ0v) is 13.0. The van der Waals surface area contributed by atoms with Crippen LogP contribution in [-0.2, 0) is 0 Å². The lowest BCUT2D eigenvalue weighted by Gasteiger charge is -2.15. The molecule has 0 saturated heterocycles. The monoisotopic (exact) mass is 301 g/mol. The van der Waals surface area contributed by atoms with E-state index in [0.717, 1.165) is 24.8 Å². The van der Waals surface area contributed by atoms with E-state index in [1.165, 1.54) is 0 Å². The van der Waals surface area contributed by atoms with Crippen molar-refractivity contribution in [1.29, 1.82) is 0 Å². The Kier molecular flexibility index (Phi) is 7.25. The van der Waals surface area contributed by atoms with Gasteiger partial charge in [-0.05, 0) is 43.4 Å². The van der Waals surface area contributed by atoms with Crippen molar-refractivity contribution in [3.63, 3.8) is 0 Å². The minimum Gasteiger partial charge on any atom is -0.352 e. The van der Waals surface area contributed by atoms with Crippen molar-refractivity contribution in [3.05, 3.63) is 34.3 Å². The molecular formula is C15H21Cl2NO. The molecule has 0 aliphatic carbocycles. The standard InChI is InChI=1S/C15H21Cl2NO/c1-3-4-12(7-8-16)10-18-15(19)13-6-5-11(2)14(17)9-13/h5-6,9,12H,3-4,7-8,10H2,1-2H3,(H,18,19). The Morgan fingerprint density at radius 2 is 2.11 bits per heavy atom. The molecule has 0 aliphatic rings. The average molecular weight is 302 g/mol. The molecule has 1 atom stereocenters. The van der Waals surface area contributed by atoms with Crippen LogP contribution in [-0.4, -0.2) is 18.3 Å². The number of aryl methyl sites for hydroxylation is 1. The molecule has 0 fully saturated rings. The van der Waals surface area contributed by atoms with Crippen molar-refractivity contribution < 1.29 is 4.79 Å². The first-order valence-corrected chi connectivity index (χ1v) is 7.60. The van der Waals surface area contributed by atoms with E-state index in [2.05, 4.69) is 12.2 Å². The molecule has 0 aromatic heterocycles. The Labute approximate surface area is 125 Å². The lowest BCUT2D eigenvalue weighted by molar-refractivity contribution is 0.0946. The summed E-state index contributed by atoms with van der Waals surface area (Å²) in [4.78, 5) is 12.0. The molecular weight excluding hydrogens is 281 g/mol. The van der Waals surface area contributed by atoms with Crippen molar-refractivity contribution in [2.45, 2.75) is 33.1 Å². The normalized spacial score (nSPS) is 12.2. The quantitative estimate of drug-likeness (QED) is 0.742. The molecule has 106 valence electrons. The molecule has 1 aromatic rings. The molecule has 0 heterocycles. The number of rotatable bonds is 7. The van der Waals surface area contributed by atoms with Crippen LogP contribution in [0.2, 0.25) is 5.02 Å². The van der Waals surface area contributed by atoms with E-state index in [4.69, 9.17) is 23.2 Å². The molecule has 0 aliphatic heterocycles. The summed E-state index contributed by atoms with van der Waals surface area (Å²) in [5.74, 6) is 1.02. The van der Waals surface area contributed by atoms with E-state index < -0.39 is 0 Å². The second-order valence-corrected chi connectivity index (χ2v) is 5.59. The first kappa shape index (κ1) is 16.3. The summed E-state index contributed by atoms with van der Waals surface area (Å²) in [5, 5.41) is 3.58. The maximum absolute atomic E-state index is 12.0. The average Bonchev–Trinajstić information content (AvgIpc) is 2.39. The third-order valence-electron chi connectivity index (χ3n) is 3.20. The van der Waals surface area contributed by atoms with Crippen molar-refractivity contribution in [1.82, 2.24) is 5.32 Å². The summed E-state index contributed by atoms with van der Waals surface area (Å²) in [7, 11) is 0. The summed E-state index contributed by atoms with van der Waals surface area (Å²) >= 11 is 11.8. The van der Waals surface area contributed by atoms with Gasteiger partial charge in [0.2, 0.25) is 0 Å². The fraction of sp³-hybridized carbons (Fsp3) is 0.533. The maximum atomic E-state index is 12.0. The first-order chi connectivity index (χ1) is 9.08. The lowest BCUT2D eigenvalue weighted by atomic mass is 10.0. The van der Waals surface area contributed by atoms with Gasteiger partial charge in [-0.2, -0.15) is 0 Å². The number of benzene rings is 1. The Balaban J connectivity index is 2.56. The van der Waals surface area contributed by atoms with Crippen molar-refractivity contribution >= 4 is 29.1 Å². The molecule has 4 heteroatoms.